The van der Waals surface area contributed by atoms with Gasteiger partial charge in [0.05, 0.1) is 12.2 Å². The van der Waals surface area contributed by atoms with Crippen LogP contribution in [0.15, 0.2) is 6.20 Å². The van der Waals surface area contributed by atoms with Crippen LogP contribution in [-0.4, -0.2) is 56.6 Å². The fourth-order valence-corrected chi connectivity index (χ4v) is 2.16. The molecule has 0 spiro atoms. The van der Waals surface area contributed by atoms with E-state index < -0.39 is 5.97 Å². The number of aromatic nitrogens is 3. The molecule has 2 N–H and O–H groups in total. The number of rotatable bonds is 6. The number of carbonyl (C=O) groups is 2. The standard InChI is InChI=1S/C13H21N5O3/c1-9(2)4-3-5-14-13(21)17-6-10(7-17)18-8-11(12(19)20)15-16-18/h8-10H,3-7H2,1-2H3,(H,14,21)(H,19,20). The topological polar surface area (TPSA) is 100 Å². The predicted octanol–water partition coefficient (Wildman–Crippen LogP) is 0.979. The van der Waals surface area contributed by atoms with Crippen LogP contribution >= 0.6 is 0 Å². The van der Waals surface area contributed by atoms with Gasteiger partial charge >= 0.3 is 12.0 Å². The molecule has 0 atom stereocenters. The van der Waals surface area contributed by atoms with Crippen molar-refractivity contribution in [3.05, 3.63) is 11.9 Å². The summed E-state index contributed by atoms with van der Waals surface area (Å²) < 4.78 is 1.51. The predicted molar refractivity (Wildman–Crippen MR) is 75.1 cm³/mol. The highest BCUT2D eigenvalue weighted by Gasteiger charge is 2.32. The number of hydrogen-bond acceptors (Lipinski definition) is 4. The van der Waals surface area contributed by atoms with Crippen molar-refractivity contribution < 1.29 is 14.7 Å². The van der Waals surface area contributed by atoms with Gasteiger partial charge in [-0.3, -0.25) is 0 Å². The first-order valence-corrected chi connectivity index (χ1v) is 7.15. The molecule has 1 aliphatic rings. The smallest absolute Gasteiger partial charge is 0.358 e. The Bertz CT molecular complexity index is 508. The number of nitrogens with zero attached hydrogens (tertiary/aromatic N) is 4. The van der Waals surface area contributed by atoms with Crippen molar-refractivity contribution in [1.82, 2.24) is 25.2 Å². The number of nitrogens with one attached hydrogen (secondary N) is 1. The summed E-state index contributed by atoms with van der Waals surface area (Å²) in [5, 5.41) is 19.0. The van der Waals surface area contributed by atoms with E-state index in [-0.39, 0.29) is 17.8 Å². The van der Waals surface area contributed by atoms with Gasteiger partial charge in [0.15, 0.2) is 5.69 Å². The first-order valence-electron chi connectivity index (χ1n) is 7.15. The Morgan fingerprint density at radius 2 is 2.19 bits per heavy atom. The third kappa shape index (κ3) is 3.93. The number of carboxylic acids is 1. The molecular formula is C13H21N5O3. The molecule has 1 aromatic rings. The zero-order valence-electron chi connectivity index (χ0n) is 12.3. The van der Waals surface area contributed by atoms with E-state index in [1.165, 1.54) is 10.9 Å². The number of amides is 2. The van der Waals surface area contributed by atoms with Crippen LogP contribution in [0.25, 0.3) is 0 Å². The second-order valence-corrected chi connectivity index (χ2v) is 5.72. The molecule has 2 rings (SSSR count). The minimum Gasteiger partial charge on any atom is -0.476 e. The van der Waals surface area contributed by atoms with E-state index in [1.54, 1.807) is 4.90 Å². The molecule has 116 valence electrons. The zero-order valence-corrected chi connectivity index (χ0v) is 12.3. The van der Waals surface area contributed by atoms with Crippen LogP contribution in [0.2, 0.25) is 0 Å². The molecular weight excluding hydrogens is 274 g/mol. The fraction of sp³-hybridized carbons (Fsp3) is 0.692. The molecule has 0 bridgehead atoms. The van der Waals surface area contributed by atoms with Crippen LogP contribution in [0.3, 0.4) is 0 Å². The van der Waals surface area contributed by atoms with Gasteiger partial charge in [0.2, 0.25) is 0 Å². The van der Waals surface area contributed by atoms with E-state index in [1.807, 2.05) is 0 Å². The minimum absolute atomic E-state index is 0.00649. The normalized spacial score (nSPS) is 15.1. The highest BCUT2D eigenvalue weighted by Crippen LogP contribution is 2.20. The number of aromatic carboxylic acids is 1. The van der Waals surface area contributed by atoms with Crippen molar-refractivity contribution in [3.8, 4) is 0 Å². The summed E-state index contributed by atoms with van der Waals surface area (Å²) in [4.78, 5) is 24.2. The van der Waals surface area contributed by atoms with Gasteiger partial charge in [-0.1, -0.05) is 19.1 Å². The second-order valence-electron chi connectivity index (χ2n) is 5.72. The largest absolute Gasteiger partial charge is 0.476 e. The molecule has 2 amide bonds. The van der Waals surface area contributed by atoms with Crippen molar-refractivity contribution in [2.45, 2.75) is 32.7 Å². The van der Waals surface area contributed by atoms with Crippen molar-refractivity contribution in [2.24, 2.45) is 5.92 Å². The Labute approximate surface area is 123 Å². The van der Waals surface area contributed by atoms with Gasteiger partial charge in [-0.25, -0.2) is 14.3 Å². The molecule has 1 aliphatic heterocycles. The van der Waals surface area contributed by atoms with Crippen LogP contribution in [0.5, 0.6) is 0 Å². The monoisotopic (exact) mass is 295 g/mol. The van der Waals surface area contributed by atoms with Gasteiger partial charge in [-0.2, -0.15) is 0 Å². The Kier molecular flexibility index (Phi) is 4.77. The van der Waals surface area contributed by atoms with Gasteiger partial charge in [0, 0.05) is 19.6 Å². The average Bonchev–Trinajstić information content (AvgIpc) is 2.82. The van der Waals surface area contributed by atoms with E-state index in [2.05, 4.69) is 29.5 Å². The highest BCUT2D eigenvalue weighted by molar-refractivity contribution is 5.84. The second kappa shape index (κ2) is 6.55. The Hall–Kier alpha value is -2.12. The molecule has 0 aromatic carbocycles. The third-order valence-electron chi connectivity index (χ3n) is 3.49. The number of carbonyl (C=O) groups excluding carboxylic acids is 1. The van der Waals surface area contributed by atoms with E-state index in [9.17, 15) is 9.59 Å². The van der Waals surface area contributed by atoms with E-state index in [0.717, 1.165) is 12.8 Å². The maximum atomic E-state index is 11.8. The Morgan fingerprint density at radius 1 is 1.48 bits per heavy atom. The molecule has 8 nitrogen and oxygen atoms in total. The van der Waals surface area contributed by atoms with E-state index in [0.29, 0.717) is 25.6 Å². The summed E-state index contributed by atoms with van der Waals surface area (Å²) in [5.41, 5.74) is -0.0772. The van der Waals surface area contributed by atoms with Gasteiger partial charge in [-0.15, -0.1) is 5.10 Å². The maximum absolute atomic E-state index is 11.8. The van der Waals surface area contributed by atoms with Crippen LogP contribution in [0.1, 0.15) is 43.2 Å². The third-order valence-corrected chi connectivity index (χ3v) is 3.49. The van der Waals surface area contributed by atoms with Crippen molar-refractivity contribution in [2.75, 3.05) is 19.6 Å². The Morgan fingerprint density at radius 3 is 2.76 bits per heavy atom. The quantitative estimate of drug-likeness (QED) is 0.762. The van der Waals surface area contributed by atoms with Crippen molar-refractivity contribution in [1.29, 1.82) is 0 Å². The lowest BCUT2D eigenvalue weighted by Crippen LogP contribution is -2.54. The van der Waals surface area contributed by atoms with Crippen LogP contribution in [-0.2, 0) is 0 Å². The van der Waals surface area contributed by atoms with Gasteiger partial charge in [0.1, 0.15) is 0 Å². The van der Waals surface area contributed by atoms with Crippen LogP contribution in [0.4, 0.5) is 4.79 Å². The number of likely N-dealkylation sites (tertiary alicyclic amines) is 1. The van der Waals surface area contributed by atoms with Gasteiger partial charge in [-0.05, 0) is 18.8 Å². The van der Waals surface area contributed by atoms with Gasteiger partial charge < -0.3 is 15.3 Å². The summed E-state index contributed by atoms with van der Waals surface area (Å²) in [6, 6.07) is -0.0689. The summed E-state index contributed by atoms with van der Waals surface area (Å²) in [6.45, 7) is 6.05. The molecule has 2 heterocycles. The van der Waals surface area contributed by atoms with E-state index >= 15 is 0 Å². The molecule has 21 heavy (non-hydrogen) atoms. The van der Waals surface area contributed by atoms with Crippen molar-refractivity contribution in [3.63, 3.8) is 0 Å². The lowest BCUT2D eigenvalue weighted by Gasteiger charge is -2.38. The average molecular weight is 295 g/mol. The summed E-state index contributed by atoms with van der Waals surface area (Å²) in [5.74, 6) is -0.452. The van der Waals surface area contributed by atoms with Crippen LogP contribution in [0, 0.1) is 5.92 Å². The molecule has 0 aliphatic carbocycles. The highest BCUT2D eigenvalue weighted by atomic mass is 16.4. The molecule has 1 aromatic heterocycles. The lowest BCUT2D eigenvalue weighted by molar-refractivity contribution is 0.0690. The zero-order chi connectivity index (χ0) is 15.4. The van der Waals surface area contributed by atoms with Gasteiger partial charge in [0.25, 0.3) is 0 Å². The summed E-state index contributed by atoms with van der Waals surface area (Å²) in [7, 11) is 0. The van der Waals surface area contributed by atoms with E-state index in [4.69, 9.17) is 5.11 Å². The SMILES string of the molecule is CC(C)CCCNC(=O)N1CC(n2cc(C(=O)O)nn2)C1. The van der Waals surface area contributed by atoms with Crippen molar-refractivity contribution >= 4 is 12.0 Å². The Balaban J connectivity index is 1.70. The van der Waals surface area contributed by atoms with Crippen LogP contribution < -0.4 is 5.32 Å². The molecule has 0 radical (unpaired) electrons. The summed E-state index contributed by atoms with van der Waals surface area (Å²) >= 11 is 0. The number of carboxylic acid groups (broad SMARTS) is 1. The molecule has 0 unspecified atom stereocenters. The maximum Gasteiger partial charge on any atom is 0.358 e. The molecule has 0 saturated carbocycles. The number of hydrogen-bond donors (Lipinski definition) is 2. The molecule has 8 heteroatoms. The fourth-order valence-electron chi connectivity index (χ4n) is 2.16. The summed E-state index contributed by atoms with van der Waals surface area (Å²) in [6.07, 6.45) is 3.47. The first kappa shape index (κ1) is 15.3. The molecule has 1 fully saturated rings. The number of urea groups is 1. The first-order chi connectivity index (χ1) is 9.97. The minimum atomic E-state index is -1.10. The molecule has 1 saturated heterocycles. The lowest BCUT2D eigenvalue weighted by atomic mass is 10.1.